The van der Waals surface area contributed by atoms with Gasteiger partial charge in [-0.2, -0.15) is 0 Å². The van der Waals surface area contributed by atoms with Gasteiger partial charge in [-0.15, -0.1) is 10.2 Å². The van der Waals surface area contributed by atoms with E-state index in [4.69, 9.17) is 11.6 Å². The lowest BCUT2D eigenvalue weighted by Gasteiger charge is -2.26. The molecule has 0 unspecified atom stereocenters. The molecule has 0 aliphatic carbocycles. The number of nitrogens with zero attached hydrogens (tertiary/aromatic N) is 3. The van der Waals surface area contributed by atoms with E-state index in [9.17, 15) is 4.79 Å². The van der Waals surface area contributed by atoms with E-state index in [2.05, 4.69) is 15.5 Å². The number of piperazine rings is 1. The summed E-state index contributed by atoms with van der Waals surface area (Å²) >= 11 is 7.55. The van der Waals surface area contributed by atoms with Crippen LogP contribution in [0.25, 0.3) is 0 Å². The highest BCUT2D eigenvalue weighted by Crippen LogP contribution is 2.31. The molecule has 0 saturated carbocycles. The highest BCUT2D eigenvalue weighted by molar-refractivity contribution is 7.99. The van der Waals surface area contributed by atoms with Gasteiger partial charge < -0.3 is 10.2 Å². The molecule has 1 N–H and O–H groups in total. The normalized spacial score (nSPS) is 14.9. The Hall–Kier alpha value is -1.63. The van der Waals surface area contributed by atoms with Crippen molar-refractivity contribution in [2.75, 3.05) is 26.2 Å². The zero-order valence-corrected chi connectivity index (χ0v) is 13.4. The Balaban J connectivity index is 1.70. The molecule has 3 rings (SSSR count). The molecule has 0 bridgehead atoms. The van der Waals surface area contributed by atoms with Crippen molar-refractivity contribution >= 4 is 29.3 Å². The van der Waals surface area contributed by atoms with E-state index >= 15 is 0 Å². The minimum absolute atomic E-state index is 0.0664. The number of nitrogens with one attached hydrogen (secondary N) is 1. The third-order valence-electron chi connectivity index (χ3n) is 3.31. The molecule has 2 aromatic rings. The van der Waals surface area contributed by atoms with Crippen LogP contribution in [0, 0.1) is 0 Å². The van der Waals surface area contributed by atoms with Crippen LogP contribution in [0.1, 0.15) is 10.5 Å². The number of rotatable bonds is 3. The molecule has 0 atom stereocenters. The van der Waals surface area contributed by atoms with E-state index in [0.717, 1.165) is 18.0 Å². The summed E-state index contributed by atoms with van der Waals surface area (Å²) in [6.45, 7) is 3.05. The van der Waals surface area contributed by atoms with Crippen LogP contribution in [0.15, 0.2) is 46.3 Å². The van der Waals surface area contributed by atoms with Crippen molar-refractivity contribution in [1.29, 1.82) is 0 Å². The van der Waals surface area contributed by atoms with E-state index in [1.54, 1.807) is 17.0 Å². The highest BCUT2D eigenvalue weighted by atomic mass is 35.5. The lowest BCUT2D eigenvalue weighted by molar-refractivity contribution is 0.0728. The van der Waals surface area contributed by atoms with Crippen molar-refractivity contribution in [3.05, 3.63) is 47.1 Å². The van der Waals surface area contributed by atoms with Crippen LogP contribution < -0.4 is 5.32 Å². The number of carbonyl (C=O) groups is 1. The van der Waals surface area contributed by atoms with Crippen LogP contribution in [0.5, 0.6) is 0 Å². The number of hydrogen-bond donors (Lipinski definition) is 1. The Labute approximate surface area is 138 Å². The Kier molecular flexibility index (Phi) is 4.92. The van der Waals surface area contributed by atoms with Crippen LogP contribution in [-0.4, -0.2) is 47.2 Å². The first-order valence-electron chi connectivity index (χ1n) is 7.00. The summed E-state index contributed by atoms with van der Waals surface area (Å²) in [5, 5.41) is 12.8. The topological polar surface area (TPSA) is 58.1 Å². The SMILES string of the molecule is O=C(c1ccc(Sc2ccccc2Cl)nn1)N1CCNCC1. The van der Waals surface area contributed by atoms with Gasteiger partial charge in [0.1, 0.15) is 5.03 Å². The Morgan fingerprint density at radius 1 is 1.14 bits per heavy atom. The van der Waals surface area contributed by atoms with Crippen LogP contribution in [0.2, 0.25) is 5.02 Å². The maximum atomic E-state index is 12.3. The van der Waals surface area contributed by atoms with Crippen LogP contribution in [-0.2, 0) is 0 Å². The molecule has 1 aromatic carbocycles. The molecule has 1 fully saturated rings. The largest absolute Gasteiger partial charge is 0.335 e. The standard InChI is InChI=1S/C15H15ClN4OS/c16-11-3-1-2-4-13(11)22-14-6-5-12(18-19-14)15(21)20-9-7-17-8-10-20/h1-6,17H,7-10H2. The summed E-state index contributed by atoms with van der Waals surface area (Å²) in [4.78, 5) is 15.0. The molecule has 5 nitrogen and oxygen atoms in total. The molecule has 114 valence electrons. The maximum Gasteiger partial charge on any atom is 0.274 e. The molecule has 7 heteroatoms. The monoisotopic (exact) mass is 334 g/mol. The first-order chi connectivity index (χ1) is 10.7. The molecule has 1 amide bonds. The molecule has 1 aliphatic rings. The minimum atomic E-state index is -0.0664. The number of benzene rings is 1. The lowest BCUT2D eigenvalue weighted by atomic mass is 10.3. The van der Waals surface area contributed by atoms with Gasteiger partial charge in [0.2, 0.25) is 0 Å². The van der Waals surface area contributed by atoms with Crippen molar-refractivity contribution in [2.24, 2.45) is 0 Å². The third kappa shape index (κ3) is 3.58. The summed E-state index contributed by atoms with van der Waals surface area (Å²) in [7, 11) is 0. The van der Waals surface area contributed by atoms with Gasteiger partial charge in [0.25, 0.3) is 5.91 Å². The second kappa shape index (κ2) is 7.09. The average Bonchev–Trinajstić information content (AvgIpc) is 2.58. The van der Waals surface area contributed by atoms with E-state index < -0.39 is 0 Å². The van der Waals surface area contributed by atoms with Crippen molar-refractivity contribution in [3.8, 4) is 0 Å². The van der Waals surface area contributed by atoms with Gasteiger partial charge in [-0.05, 0) is 24.3 Å². The van der Waals surface area contributed by atoms with Crippen molar-refractivity contribution in [1.82, 2.24) is 20.4 Å². The predicted molar refractivity (Wildman–Crippen MR) is 86.4 cm³/mol. The van der Waals surface area contributed by atoms with Gasteiger partial charge in [0, 0.05) is 31.1 Å². The van der Waals surface area contributed by atoms with Crippen molar-refractivity contribution in [2.45, 2.75) is 9.92 Å². The number of halogens is 1. The van der Waals surface area contributed by atoms with Crippen molar-refractivity contribution in [3.63, 3.8) is 0 Å². The van der Waals surface area contributed by atoms with Gasteiger partial charge in [0.05, 0.1) is 5.02 Å². The van der Waals surface area contributed by atoms with Gasteiger partial charge in [-0.3, -0.25) is 4.79 Å². The first kappa shape index (κ1) is 15.3. The first-order valence-corrected chi connectivity index (χ1v) is 8.19. The van der Waals surface area contributed by atoms with Crippen LogP contribution in [0.4, 0.5) is 0 Å². The fourth-order valence-corrected chi connectivity index (χ4v) is 3.17. The summed E-state index contributed by atoms with van der Waals surface area (Å²) in [5.74, 6) is -0.0664. The van der Waals surface area contributed by atoms with Crippen LogP contribution >= 0.6 is 23.4 Å². The van der Waals surface area contributed by atoms with E-state index in [-0.39, 0.29) is 5.91 Å². The molecule has 1 aromatic heterocycles. The van der Waals surface area contributed by atoms with Gasteiger partial charge in [0.15, 0.2) is 5.69 Å². The summed E-state index contributed by atoms with van der Waals surface area (Å²) in [6.07, 6.45) is 0. The zero-order chi connectivity index (χ0) is 15.4. The molecule has 0 spiro atoms. The summed E-state index contributed by atoms with van der Waals surface area (Å²) < 4.78 is 0. The molecule has 2 heterocycles. The van der Waals surface area contributed by atoms with E-state index in [0.29, 0.717) is 28.8 Å². The average molecular weight is 335 g/mol. The second-order valence-electron chi connectivity index (χ2n) is 4.83. The smallest absolute Gasteiger partial charge is 0.274 e. The number of carbonyl (C=O) groups excluding carboxylic acids is 1. The predicted octanol–water partition coefficient (Wildman–Crippen LogP) is 2.33. The van der Waals surface area contributed by atoms with Crippen LogP contribution in [0.3, 0.4) is 0 Å². The fraction of sp³-hybridized carbons (Fsp3) is 0.267. The fourth-order valence-electron chi connectivity index (χ4n) is 2.16. The third-order valence-corrected chi connectivity index (χ3v) is 4.76. The number of hydrogen-bond acceptors (Lipinski definition) is 5. The molecule has 0 radical (unpaired) electrons. The molecule has 1 aliphatic heterocycles. The minimum Gasteiger partial charge on any atom is -0.335 e. The quantitative estimate of drug-likeness (QED) is 0.933. The molecular weight excluding hydrogens is 320 g/mol. The molecular formula is C15H15ClN4OS. The summed E-state index contributed by atoms with van der Waals surface area (Å²) in [6, 6.07) is 11.1. The van der Waals surface area contributed by atoms with Gasteiger partial charge in [-0.25, -0.2) is 0 Å². The second-order valence-corrected chi connectivity index (χ2v) is 6.30. The van der Waals surface area contributed by atoms with Gasteiger partial charge >= 0.3 is 0 Å². The maximum absolute atomic E-state index is 12.3. The molecule has 1 saturated heterocycles. The number of aromatic nitrogens is 2. The Morgan fingerprint density at radius 3 is 2.59 bits per heavy atom. The lowest BCUT2D eigenvalue weighted by Crippen LogP contribution is -2.46. The summed E-state index contributed by atoms with van der Waals surface area (Å²) in [5.41, 5.74) is 0.380. The Morgan fingerprint density at radius 2 is 1.91 bits per heavy atom. The highest BCUT2D eigenvalue weighted by Gasteiger charge is 2.19. The van der Waals surface area contributed by atoms with E-state index in [1.165, 1.54) is 11.8 Å². The number of amides is 1. The van der Waals surface area contributed by atoms with Crippen molar-refractivity contribution < 1.29 is 4.79 Å². The van der Waals surface area contributed by atoms with Gasteiger partial charge in [-0.1, -0.05) is 35.5 Å². The zero-order valence-electron chi connectivity index (χ0n) is 11.8. The molecule has 22 heavy (non-hydrogen) atoms. The Bertz CT molecular complexity index is 659. The van der Waals surface area contributed by atoms with E-state index in [1.807, 2.05) is 24.3 Å².